The minimum atomic E-state index is -0.606. The molecule has 0 saturated heterocycles. The Morgan fingerprint density at radius 2 is 1.79 bits per heavy atom. The molecule has 0 aliphatic heterocycles. The van der Waals surface area contributed by atoms with Crippen molar-refractivity contribution in [3.8, 4) is 11.5 Å². The van der Waals surface area contributed by atoms with Crippen LogP contribution in [0, 0.1) is 29.1 Å². The molecule has 39 heavy (non-hydrogen) atoms. The number of aliphatic hydroxyl groups excluding tert-OH is 1. The first-order chi connectivity index (χ1) is 18.7. The van der Waals surface area contributed by atoms with Crippen molar-refractivity contribution in [3.63, 3.8) is 0 Å². The zero-order valence-electron chi connectivity index (χ0n) is 23.8. The molecule has 3 N–H and O–H groups in total. The van der Waals surface area contributed by atoms with Crippen LogP contribution in [0.25, 0.3) is 0 Å². The van der Waals surface area contributed by atoms with Crippen LogP contribution in [0.5, 0.6) is 11.5 Å². The van der Waals surface area contributed by atoms with Crippen LogP contribution >= 0.6 is 0 Å². The number of aromatic nitrogens is 1. The molecule has 2 aromatic rings. The summed E-state index contributed by atoms with van der Waals surface area (Å²) in [5.41, 5.74) is 1.63. The number of carbonyl (C=O) groups excluding carboxylic acids is 2. The average molecular weight is 538 g/mol. The highest BCUT2D eigenvalue weighted by Gasteiger charge is 2.53. The molecule has 2 amide bonds. The van der Waals surface area contributed by atoms with Crippen molar-refractivity contribution < 1.29 is 24.2 Å². The lowest BCUT2D eigenvalue weighted by molar-refractivity contribution is -0.141. The summed E-state index contributed by atoms with van der Waals surface area (Å²) >= 11 is 0. The molecule has 7 atom stereocenters. The van der Waals surface area contributed by atoms with Gasteiger partial charge in [-0.2, -0.15) is 0 Å². The number of rotatable bonds is 9. The molecule has 0 spiro atoms. The number of nitrogens with one attached hydrogen (secondary N) is 2. The van der Waals surface area contributed by atoms with Crippen LogP contribution in [0.3, 0.4) is 0 Å². The second-order valence-corrected chi connectivity index (χ2v) is 11.6. The monoisotopic (exact) mass is 537 g/mol. The van der Waals surface area contributed by atoms with Crippen LogP contribution in [0.15, 0.2) is 42.7 Å². The van der Waals surface area contributed by atoms with Gasteiger partial charge in [0.15, 0.2) is 11.5 Å². The molecule has 2 fully saturated rings. The van der Waals surface area contributed by atoms with Crippen LogP contribution < -0.4 is 20.1 Å². The van der Waals surface area contributed by atoms with Crippen molar-refractivity contribution in [2.24, 2.45) is 29.1 Å². The Morgan fingerprint density at radius 3 is 2.49 bits per heavy atom. The van der Waals surface area contributed by atoms with Gasteiger partial charge in [0.25, 0.3) is 5.91 Å². The molecular formula is C31H43N3O5. The quantitative estimate of drug-likeness (QED) is 0.446. The molecule has 0 radical (unpaired) electrons. The molecule has 212 valence electrons. The molecule has 1 aromatic heterocycles. The average Bonchev–Trinajstić information content (AvgIpc) is 2.94. The van der Waals surface area contributed by atoms with Gasteiger partial charge in [-0.1, -0.05) is 26.8 Å². The van der Waals surface area contributed by atoms with Gasteiger partial charge in [-0.3, -0.25) is 14.6 Å². The van der Waals surface area contributed by atoms with E-state index in [1.165, 1.54) is 0 Å². The van der Waals surface area contributed by atoms with E-state index < -0.39 is 6.10 Å². The Balaban J connectivity index is 1.36. The third kappa shape index (κ3) is 6.21. The van der Waals surface area contributed by atoms with Crippen molar-refractivity contribution in [1.29, 1.82) is 0 Å². The van der Waals surface area contributed by atoms with E-state index in [0.717, 1.165) is 31.2 Å². The number of hydrogen-bond acceptors (Lipinski definition) is 6. The van der Waals surface area contributed by atoms with Gasteiger partial charge in [-0.05, 0) is 85.1 Å². The number of benzene rings is 1. The summed E-state index contributed by atoms with van der Waals surface area (Å²) in [6, 6.07) is 9.16. The van der Waals surface area contributed by atoms with E-state index in [4.69, 9.17) is 9.47 Å². The molecular weight excluding hydrogens is 494 g/mol. The van der Waals surface area contributed by atoms with Crippen molar-refractivity contribution in [2.45, 2.75) is 65.0 Å². The van der Waals surface area contributed by atoms with E-state index in [1.807, 2.05) is 25.1 Å². The highest BCUT2D eigenvalue weighted by atomic mass is 16.5. The zero-order chi connectivity index (χ0) is 28.2. The van der Waals surface area contributed by atoms with E-state index in [9.17, 15) is 14.7 Å². The lowest BCUT2D eigenvalue weighted by Gasteiger charge is -2.56. The van der Waals surface area contributed by atoms with Gasteiger partial charge in [0.05, 0.1) is 20.3 Å². The maximum atomic E-state index is 13.2. The van der Waals surface area contributed by atoms with Gasteiger partial charge in [0.2, 0.25) is 5.91 Å². The number of fused-ring (bicyclic) bond motifs is 1. The normalized spacial score (nSPS) is 29.0. The van der Waals surface area contributed by atoms with E-state index in [2.05, 4.69) is 29.5 Å². The maximum absolute atomic E-state index is 13.2. The third-order valence-electron chi connectivity index (χ3n) is 9.36. The first-order valence-electron chi connectivity index (χ1n) is 14.1. The maximum Gasteiger partial charge on any atom is 0.251 e. The Labute approximate surface area is 231 Å². The highest BCUT2D eigenvalue weighted by molar-refractivity contribution is 5.94. The molecule has 2 saturated carbocycles. The van der Waals surface area contributed by atoms with Crippen LogP contribution in [-0.2, 0) is 11.2 Å². The van der Waals surface area contributed by atoms with Gasteiger partial charge < -0.3 is 25.2 Å². The fraction of sp³-hybridized carbons (Fsp3) is 0.581. The van der Waals surface area contributed by atoms with E-state index in [0.29, 0.717) is 30.0 Å². The summed E-state index contributed by atoms with van der Waals surface area (Å²) in [5, 5.41) is 18.0. The summed E-state index contributed by atoms with van der Waals surface area (Å²) in [6.45, 7) is 6.84. The number of carbonyl (C=O) groups is 2. The van der Waals surface area contributed by atoms with Gasteiger partial charge in [0.1, 0.15) is 0 Å². The standard InChI is InChI=1S/C31H43N3O5/c1-19(29(36)33-17-10-21-6-7-25(38-4)26(18-21)39-5)23-8-13-31(3)14-9-24(20(2)27(31)28(23)35)34-30(37)22-11-15-32-16-12-22/h6-7,11-12,15-16,18-20,23-24,27-28,35H,8-10,13-14,17H2,1-5H3,(H,33,36)(H,34,37)/t19-,20+,23?,24-,27+,28-,31-/m0/s1. The smallest absolute Gasteiger partial charge is 0.251 e. The summed E-state index contributed by atoms with van der Waals surface area (Å²) in [7, 11) is 3.21. The first-order valence-corrected chi connectivity index (χ1v) is 14.1. The summed E-state index contributed by atoms with van der Waals surface area (Å²) < 4.78 is 10.7. The number of pyridine rings is 1. The Bertz CT molecular complexity index is 1140. The molecule has 8 nitrogen and oxygen atoms in total. The minimum absolute atomic E-state index is 0.00313. The molecule has 2 aliphatic carbocycles. The highest BCUT2D eigenvalue weighted by Crippen LogP contribution is 2.55. The number of hydrogen-bond donors (Lipinski definition) is 3. The minimum Gasteiger partial charge on any atom is -0.493 e. The Morgan fingerprint density at radius 1 is 1.10 bits per heavy atom. The number of methoxy groups -OCH3 is 2. The fourth-order valence-electron chi connectivity index (χ4n) is 6.97. The molecule has 1 aromatic carbocycles. The topological polar surface area (TPSA) is 110 Å². The number of ether oxygens (including phenoxy) is 2. The fourth-order valence-corrected chi connectivity index (χ4v) is 6.97. The Hall–Kier alpha value is -3.13. The molecule has 1 unspecified atom stereocenters. The lowest BCUT2D eigenvalue weighted by Crippen LogP contribution is -2.58. The number of aliphatic hydroxyl groups is 1. The number of nitrogens with zero attached hydrogens (tertiary/aromatic N) is 1. The summed E-state index contributed by atoms with van der Waals surface area (Å²) in [5.74, 6) is 0.863. The van der Waals surface area contributed by atoms with Crippen LogP contribution in [0.2, 0.25) is 0 Å². The lowest BCUT2D eigenvalue weighted by atomic mass is 9.51. The molecule has 8 heteroatoms. The van der Waals surface area contributed by atoms with Crippen molar-refractivity contribution in [2.75, 3.05) is 20.8 Å². The number of amides is 2. The molecule has 0 bridgehead atoms. The molecule has 4 rings (SSSR count). The third-order valence-corrected chi connectivity index (χ3v) is 9.36. The summed E-state index contributed by atoms with van der Waals surface area (Å²) in [4.78, 5) is 30.0. The van der Waals surface area contributed by atoms with E-state index >= 15 is 0 Å². The molecule has 2 aliphatic rings. The van der Waals surface area contributed by atoms with Crippen LogP contribution in [-0.4, -0.2) is 54.8 Å². The van der Waals surface area contributed by atoms with Gasteiger partial charge >= 0.3 is 0 Å². The molecule has 1 heterocycles. The van der Waals surface area contributed by atoms with Gasteiger partial charge in [-0.15, -0.1) is 0 Å². The Kier molecular flexibility index (Phi) is 9.15. The van der Waals surface area contributed by atoms with Gasteiger partial charge in [0, 0.05) is 36.5 Å². The van der Waals surface area contributed by atoms with Crippen molar-refractivity contribution >= 4 is 11.8 Å². The van der Waals surface area contributed by atoms with E-state index in [-0.39, 0.29) is 46.9 Å². The van der Waals surface area contributed by atoms with Crippen LogP contribution in [0.1, 0.15) is 62.4 Å². The first kappa shape index (κ1) is 28.9. The van der Waals surface area contributed by atoms with Crippen molar-refractivity contribution in [1.82, 2.24) is 15.6 Å². The predicted octanol–water partition coefficient (Wildman–Crippen LogP) is 4.02. The SMILES string of the molecule is COc1ccc(CCNC(=O)[C@@H](C)C2CC[C@@]3(C)CC[C@H](NC(=O)c4ccncc4)[C@@H](C)[C@@H]3[C@H]2O)cc1OC. The summed E-state index contributed by atoms with van der Waals surface area (Å²) in [6.07, 6.45) is 6.91. The zero-order valence-corrected chi connectivity index (χ0v) is 23.8. The second kappa shape index (κ2) is 12.4. The van der Waals surface area contributed by atoms with E-state index in [1.54, 1.807) is 38.7 Å². The second-order valence-electron chi connectivity index (χ2n) is 11.6. The predicted molar refractivity (Wildman–Crippen MR) is 150 cm³/mol. The van der Waals surface area contributed by atoms with Crippen LogP contribution in [0.4, 0.5) is 0 Å². The van der Waals surface area contributed by atoms with Gasteiger partial charge in [-0.25, -0.2) is 0 Å². The van der Waals surface area contributed by atoms with Crippen molar-refractivity contribution in [3.05, 3.63) is 53.9 Å². The largest absolute Gasteiger partial charge is 0.493 e.